The normalized spacial score (nSPS) is 21.3. The zero-order valence-corrected chi connectivity index (χ0v) is 40.1. The number of amides is 1. The minimum absolute atomic E-state index is 0.0289. The van der Waals surface area contributed by atoms with Crippen LogP contribution in [-0.2, 0) is 22.7 Å². The Labute approximate surface area is 419 Å². The number of unbranched alkanes of at least 4 members (excludes halogenated alkanes) is 2. The molecule has 6 aromatic carbocycles. The number of aliphatic hydroxyl groups is 2. The molecule has 2 N–H and O–H groups in total. The van der Waals surface area contributed by atoms with Gasteiger partial charge in [-0.05, 0) is 114 Å². The van der Waals surface area contributed by atoms with Gasteiger partial charge in [-0.3, -0.25) is 14.9 Å². The van der Waals surface area contributed by atoms with Gasteiger partial charge in [0.05, 0.1) is 40.9 Å². The highest BCUT2D eigenvalue weighted by Gasteiger charge is 2.65. The first kappa shape index (κ1) is 49.4. The van der Waals surface area contributed by atoms with Crippen molar-refractivity contribution in [3.63, 3.8) is 0 Å². The number of nitro benzene ring substituents is 1. The molecule has 0 saturated heterocycles. The second kappa shape index (κ2) is 22.6. The van der Waals surface area contributed by atoms with E-state index >= 15 is 4.79 Å². The number of benzene rings is 6. The van der Waals surface area contributed by atoms with Crippen LogP contribution in [0.25, 0.3) is 10.8 Å². The van der Waals surface area contributed by atoms with E-state index in [-0.39, 0.29) is 68.7 Å². The van der Waals surface area contributed by atoms with Crippen LogP contribution in [-0.4, -0.2) is 63.3 Å². The van der Waals surface area contributed by atoms with Gasteiger partial charge in [0.2, 0.25) is 5.79 Å². The van der Waals surface area contributed by atoms with E-state index in [1.165, 1.54) is 12.1 Å². The van der Waals surface area contributed by atoms with Crippen molar-refractivity contribution in [2.45, 2.75) is 75.8 Å². The summed E-state index contributed by atoms with van der Waals surface area (Å²) in [5.74, 6) is -1.70. The Hall–Kier alpha value is -7.63. The maximum absolute atomic E-state index is 15.7. The third-order valence-corrected chi connectivity index (χ3v) is 14.3. The standard InChI is InChI=1S/C59H58N4O9/c1-2-32-69-59-55(62(58(66)43-26-24-40(37-60)25-27-43)38-45-19-12-18-42-16-6-7-22-49(42)45)36-53(61-70-39-41-14-4-3-5-15-41)51-33-44(17-8-10-30-64)50(23-9-11-31-65)56(57(51)59)52-35-48(28-29-54(52)72-59)71-47-21-13-20-46(34-47)63(67)68/h2-7,12-16,18-22,24-29,33-35,44,50,55-57,64-65H,1,8-11,17,23,30-32,36,38-39H2/t44-,50+,55-,56+,57+,59+/m0/s1. The van der Waals surface area contributed by atoms with Gasteiger partial charge in [0, 0.05) is 49.3 Å². The average molecular weight is 967 g/mol. The molecule has 2 aliphatic carbocycles. The molecule has 13 heteroatoms. The first-order valence-electron chi connectivity index (χ1n) is 24.7. The Balaban J connectivity index is 1.28. The average Bonchev–Trinajstić information content (AvgIpc) is 3.41. The SMILES string of the molecule is C=CCO[C@@]12Oc3ccc(Oc4cccc([N+](=O)[O-])c4)cc3[C@H]3[C@H](CCCCO)[C@@H](CCCCO)C=C(C(=NOCc4ccccc4)C[C@@H]1N(Cc1cccc4ccccc14)C(=O)c1ccc(C#N)cc1)[C@H]32. The molecule has 6 atom stereocenters. The van der Waals surface area contributed by atoms with Crippen LogP contribution in [0.3, 0.4) is 0 Å². The predicted molar refractivity (Wildman–Crippen MR) is 274 cm³/mol. The highest BCUT2D eigenvalue weighted by Crippen LogP contribution is 2.62. The van der Waals surface area contributed by atoms with Crippen molar-refractivity contribution in [1.29, 1.82) is 5.26 Å². The topological polar surface area (TPSA) is 177 Å². The molecule has 3 aliphatic rings. The van der Waals surface area contributed by atoms with E-state index in [0.29, 0.717) is 53.3 Å². The van der Waals surface area contributed by atoms with E-state index in [1.807, 2.05) is 83.8 Å². The summed E-state index contributed by atoms with van der Waals surface area (Å²) in [4.78, 5) is 35.2. The maximum Gasteiger partial charge on any atom is 0.273 e. The first-order valence-corrected chi connectivity index (χ1v) is 24.7. The summed E-state index contributed by atoms with van der Waals surface area (Å²) in [5.41, 5.74) is 4.85. The number of oxime groups is 1. The van der Waals surface area contributed by atoms with Crippen LogP contribution in [0.1, 0.15) is 83.5 Å². The number of fused-ring (bicyclic) bond motifs is 3. The van der Waals surface area contributed by atoms with E-state index in [4.69, 9.17) is 24.2 Å². The number of carbonyl (C=O) groups excluding carboxylic acids is 1. The fourth-order valence-electron chi connectivity index (χ4n) is 11.1. The zero-order valence-electron chi connectivity index (χ0n) is 40.1. The molecule has 0 aromatic heterocycles. The van der Waals surface area contributed by atoms with Gasteiger partial charge in [-0.1, -0.05) is 109 Å². The zero-order chi connectivity index (χ0) is 50.0. The van der Waals surface area contributed by atoms with Crippen molar-refractivity contribution in [2.24, 2.45) is 22.9 Å². The minimum Gasteiger partial charge on any atom is -0.459 e. The number of non-ortho nitro benzene ring substituents is 1. The predicted octanol–water partition coefficient (Wildman–Crippen LogP) is 11.6. The monoisotopic (exact) mass is 966 g/mol. The summed E-state index contributed by atoms with van der Waals surface area (Å²) in [6.45, 7) is 4.58. The number of nitriles is 1. The Morgan fingerprint density at radius 2 is 1.62 bits per heavy atom. The summed E-state index contributed by atoms with van der Waals surface area (Å²) < 4.78 is 21.2. The molecule has 0 unspecified atom stereocenters. The Kier molecular flexibility index (Phi) is 15.5. The molecule has 0 bridgehead atoms. The Bertz CT molecular complexity index is 3000. The fraction of sp³-hybridized carbons (Fsp3) is 0.305. The summed E-state index contributed by atoms with van der Waals surface area (Å²) in [5, 5.41) is 48.8. The number of nitrogens with zero attached hydrogens (tertiary/aromatic N) is 4. The van der Waals surface area contributed by atoms with Crippen LogP contribution in [0.4, 0.5) is 5.69 Å². The second-order valence-corrected chi connectivity index (χ2v) is 18.6. The van der Waals surface area contributed by atoms with Gasteiger partial charge in [0.15, 0.2) is 0 Å². The van der Waals surface area contributed by atoms with Crippen LogP contribution in [0.5, 0.6) is 17.2 Å². The lowest BCUT2D eigenvalue weighted by molar-refractivity contribution is -0.384. The third kappa shape index (κ3) is 10.4. The van der Waals surface area contributed by atoms with E-state index < -0.39 is 22.7 Å². The summed E-state index contributed by atoms with van der Waals surface area (Å²) in [7, 11) is 0. The van der Waals surface area contributed by atoms with Gasteiger partial charge in [-0.25, -0.2) is 0 Å². The quantitative estimate of drug-likeness (QED) is 0.0305. The Morgan fingerprint density at radius 1 is 0.889 bits per heavy atom. The van der Waals surface area contributed by atoms with Crippen molar-refractivity contribution in [3.8, 4) is 23.3 Å². The second-order valence-electron chi connectivity index (χ2n) is 18.6. The molecule has 368 valence electrons. The van der Waals surface area contributed by atoms with Gasteiger partial charge in [0.25, 0.3) is 11.6 Å². The number of nitro groups is 1. The number of aliphatic hydroxyl groups excluding tert-OH is 2. The fourth-order valence-corrected chi connectivity index (χ4v) is 11.1. The molecule has 1 saturated carbocycles. The largest absolute Gasteiger partial charge is 0.459 e. The molecular formula is C59H58N4O9. The lowest BCUT2D eigenvalue weighted by atomic mass is 9.55. The lowest BCUT2D eigenvalue weighted by Gasteiger charge is -2.60. The maximum atomic E-state index is 15.7. The molecule has 72 heavy (non-hydrogen) atoms. The summed E-state index contributed by atoms with van der Waals surface area (Å²) in [6, 6.07) is 43.5. The molecule has 0 radical (unpaired) electrons. The summed E-state index contributed by atoms with van der Waals surface area (Å²) in [6.07, 6.45) is 8.30. The van der Waals surface area contributed by atoms with E-state index in [0.717, 1.165) is 52.3 Å². The molecule has 1 fully saturated rings. The molecule has 1 aliphatic heterocycles. The molecule has 6 aromatic rings. The number of carbonyl (C=O) groups is 1. The van der Waals surface area contributed by atoms with Gasteiger partial charge in [0.1, 0.15) is 29.9 Å². The highest BCUT2D eigenvalue weighted by atomic mass is 16.7. The van der Waals surface area contributed by atoms with Gasteiger partial charge in [-0.2, -0.15) is 5.26 Å². The van der Waals surface area contributed by atoms with E-state index in [2.05, 4.69) is 24.8 Å². The Morgan fingerprint density at radius 3 is 2.39 bits per heavy atom. The van der Waals surface area contributed by atoms with Crippen LogP contribution in [0, 0.1) is 39.2 Å². The van der Waals surface area contributed by atoms with Crippen molar-refractivity contribution in [2.75, 3.05) is 19.8 Å². The van der Waals surface area contributed by atoms with Gasteiger partial charge < -0.3 is 34.2 Å². The summed E-state index contributed by atoms with van der Waals surface area (Å²) >= 11 is 0. The first-order chi connectivity index (χ1) is 35.2. The number of allylic oxidation sites excluding steroid dienone is 1. The third-order valence-electron chi connectivity index (χ3n) is 14.3. The molecular weight excluding hydrogens is 909 g/mol. The minimum atomic E-state index is -1.57. The van der Waals surface area contributed by atoms with Crippen molar-refractivity contribution < 1.29 is 39.0 Å². The van der Waals surface area contributed by atoms with E-state index in [1.54, 1.807) is 48.5 Å². The number of hydrogen-bond acceptors (Lipinski definition) is 11. The number of rotatable bonds is 21. The molecule has 9 rings (SSSR count). The van der Waals surface area contributed by atoms with Crippen LogP contribution >= 0.6 is 0 Å². The molecule has 1 amide bonds. The van der Waals surface area contributed by atoms with E-state index in [9.17, 15) is 25.6 Å². The van der Waals surface area contributed by atoms with Crippen LogP contribution in [0.15, 0.2) is 169 Å². The van der Waals surface area contributed by atoms with Crippen molar-refractivity contribution in [1.82, 2.24) is 4.90 Å². The lowest BCUT2D eigenvalue weighted by Crippen LogP contribution is -2.70. The molecule has 0 spiro atoms. The van der Waals surface area contributed by atoms with Gasteiger partial charge >= 0.3 is 0 Å². The number of ether oxygens (including phenoxy) is 3. The van der Waals surface area contributed by atoms with Crippen LogP contribution in [0.2, 0.25) is 0 Å². The highest BCUT2D eigenvalue weighted by molar-refractivity contribution is 6.03. The number of hydrogen-bond donors (Lipinski definition) is 2. The van der Waals surface area contributed by atoms with Crippen LogP contribution < -0.4 is 9.47 Å². The van der Waals surface area contributed by atoms with Crippen molar-refractivity contribution in [3.05, 3.63) is 202 Å². The molecule has 1 heterocycles. The van der Waals surface area contributed by atoms with Crippen molar-refractivity contribution >= 4 is 28.1 Å². The van der Waals surface area contributed by atoms with Gasteiger partial charge in [-0.15, -0.1) is 6.58 Å². The smallest absolute Gasteiger partial charge is 0.273 e. The molecule has 13 nitrogen and oxygen atoms in total.